The van der Waals surface area contributed by atoms with Crippen LogP contribution in [0.1, 0.15) is 22.6 Å². The number of aromatic nitrogens is 2. The third kappa shape index (κ3) is 4.35. The molecule has 0 radical (unpaired) electrons. The summed E-state index contributed by atoms with van der Waals surface area (Å²) in [7, 11) is 3.01. The number of ether oxygens (including phenoxy) is 3. The Balaban J connectivity index is 1.33. The third-order valence-electron chi connectivity index (χ3n) is 5.14. The van der Waals surface area contributed by atoms with E-state index in [2.05, 4.69) is 39.6 Å². The van der Waals surface area contributed by atoms with E-state index < -0.39 is 6.09 Å². The Morgan fingerprint density at radius 3 is 2.35 bits per heavy atom. The number of fused-ring (bicyclic) bond motifs is 3. The number of nitrogens with one attached hydrogen (secondary N) is 1. The summed E-state index contributed by atoms with van der Waals surface area (Å²) in [5, 5.41) is 2.73. The Hall–Kier alpha value is -3.87. The zero-order valence-corrected chi connectivity index (χ0v) is 17.4. The van der Waals surface area contributed by atoms with Crippen molar-refractivity contribution < 1.29 is 19.0 Å². The fraction of sp³-hybridized carbons (Fsp3) is 0.208. The summed E-state index contributed by atoms with van der Waals surface area (Å²) in [5.74, 6) is 0.429. The van der Waals surface area contributed by atoms with Crippen LogP contribution in [-0.2, 0) is 4.74 Å². The van der Waals surface area contributed by atoms with Crippen LogP contribution in [0.5, 0.6) is 11.9 Å². The number of amides is 1. The number of hydrogen-bond donors (Lipinski definition) is 1. The molecule has 0 atom stereocenters. The van der Waals surface area contributed by atoms with Gasteiger partial charge in [0.15, 0.2) is 0 Å². The van der Waals surface area contributed by atoms with Crippen LogP contribution in [-0.4, -0.2) is 43.4 Å². The van der Waals surface area contributed by atoms with Gasteiger partial charge >= 0.3 is 12.1 Å². The Labute approximate surface area is 180 Å². The van der Waals surface area contributed by atoms with E-state index in [-0.39, 0.29) is 18.5 Å². The maximum absolute atomic E-state index is 12.2. The lowest BCUT2D eigenvalue weighted by Crippen LogP contribution is -2.26. The second kappa shape index (κ2) is 9.30. The first kappa shape index (κ1) is 20.4. The van der Waals surface area contributed by atoms with Crippen molar-refractivity contribution in [3.8, 4) is 23.0 Å². The molecule has 1 N–H and O–H groups in total. The predicted molar refractivity (Wildman–Crippen MR) is 117 cm³/mol. The van der Waals surface area contributed by atoms with Crippen LogP contribution in [0.4, 0.5) is 4.79 Å². The van der Waals surface area contributed by atoms with Gasteiger partial charge in [-0.2, -0.15) is 4.98 Å². The Morgan fingerprint density at radius 1 is 1.03 bits per heavy atom. The first-order chi connectivity index (χ1) is 15.2. The van der Waals surface area contributed by atoms with E-state index in [0.717, 1.165) is 0 Å². The molecule has 31 heavy (non-hydrogen) atoms. The molecular weight excluding hydrogens is 394 g/mol. The largest absolute Gasteiger partial charge is 0.480 e. The molecule has 1 aromatic heterocycles. The third-order valence-corrected chi connectivity index (χ3v) is 5.14. The minimum atomic E-state index is -0.468. The summed E-state index contributed by atoms with van der Waals surface area (Å²) in [4.78, 5) is 20.4. The summed E-state index contributed by atoms with van der Waals surface area (Å²) >= 11 is 0. The average molecular weight is 417 g/mol. The lowest BCUT2D eigenvalue weighted by atomic mass is 9.98. The molecule has 158 valence electrons. The SMILES string of the molecule is COc1ncc(C=CCNC(=O)OCC2c3ccccc3-c3ccccc32)c(OC)n1. The van der Waals surface area contributed by atoms with Gasteiger partial charge in [0.1, 0.15) is 6.61 Å². The van der Waals surface area contributed by atoms with Crippen LogP contribution >= 0.6 is 0 Å². The topological polar surface area (TPSA) is 82.6 Å². The highest BCUT2D eigenvalue weighted by Crippen LogP contribution is 2.44. The molecule has 0 saturated heterocycles. The fourth-order valence-electron chi connectivity index (χ4n) is 3.71. The van der Waals surface area contributed by atoms with Gasteiger partial charge in [-0.15, -0.1) is 0 Å². The van der Waals surface area contributed by atoms with Gasteiger partial charge in [-0.25, -0.2) is 9.78 Å². The average Bonchev–Trinajstić information content (AvgIpc) is 3.14. The molecule has 0 bridgehead atoms. The highest BCUT2D eigenvalue weighted by atomic mass is 16.5. The number of carbonyl (C=O) groups excluding carboxylic acids is 1. The highest BCUT2D eigenvalue weighted by molar-refractivity contribution is 5.79. The van der Waals surface area contributed by atoms with E-state index in [9.17, 15) is 4.79 Å². The van der Waals surface area contributed by atoms with Gasteiger partial charge in [-0.05, 0) is 22.3 Å². The highest BCUT2D eigenvalue weighted by Gasteiger charge is 2.28. The maximum atomic E-state index is 12.2. The van der Waals surface area contributed by atoms with Crippen molar-refractivity contribution in [2.75, 3.05) is 27.4 Å². The molecule has 7 nitrogen and oxygen atoms in total. The number of hydrogen-bond acceptors (Lipinski definition) is 6. The monoisotopic (exact) mass is 417 g/mol. The smallest absolute Gasteiger partial charge is 0.407 e. The summed E-state index contributed by atoms with van der Waals surface area (Å²) in [6.45, 7) is 0.579. The van der Waals surface area contributed by atoms with Crippen LogP contribution in [0.15, 0.2) is 60.8 Å². The van der Waals surface area contributed by atoms with Crippen molar-refractivity contribution in [2.24, 2.45) is 0 Å². The molecule has 7 heteroatoms. The fourth-order valence-corrected chi connectivity index (χ4v) is 3.71. The van der Waals surface area contributed by atoms with Crippen molar-refractivity contribution >= 4 is 12.2 Å². The molecular formula is C24H23N3O4. The Kier molecular flexibility index (Phi) is 6.12. The molecule has 2 aromatic carbocycles. The van der Waals surface area contributed by atoms with Gasteiger partial charge in [0, 0.05) is 18.7 Å². The van der Waals surface area contributed by atoms with Crippen LogP contribution in [0, 0.1) is 0 Å². The van der Waals surface area contributed by atoms with Crippen LogP contribution in [0.3, 0.4) is 0 Å². The number of alkyl carbamates (subject to hydrolysis) is 1. The standard InChI is InChI=1S/C24H23N3O4/c1-29-22-16(14-26-23(27-22)30-2)8-7-13-25-24(28)31-15-21-19-11-5-3-9-17(19)18-10-4-6-12-20(18)21/h3-12,14,21H,13,15H2,1-2H3,(H,25,28). The first-order valence-electron chi connectivity index (χ1n) is 9.91. The zero-order chi connectivity index (χ0) is 21.6. The minimum absolute atomic E-state index is 0.0365. The van der Waals surface area contributed by atoms with E-state index >= 15 is 0 Å². The molecule has 1 heterocycles. The van der Waals surface area contributed by atoms with Gasteiger partial charge in [0.2, 0.25) is 5.88 Å². The Morgan fingerprint density at radius 2 is 1.71 bits per heavy atom. The van der Waals surface area contributed by atoms with Crippen LogP contribution in [0.25, 0.3) is 17.2 Å². The van der Waals surface area contributed by atoms with Gasteiger partial charge in [0.25, 0.3) is 0 Å². The van der Waals surface area contributed by atoms with E-state index in [4.69, 9.17) is 14.2 Å². The molecule has 0 saturated carbocycles. The van der Waals surface area contributed by atoms with E-state index in [1.165, 1.54) is 36.5 Å². The Bertz CT molecular complexity index is 1070. The molecule has 1 aliphatic rings. The number of rotatable bonds is 7. The van der Waals surface area contributed by atoms with E-state index in [0.29, 0.717) is 18.0 Å². The summed E-state index contributed by atoms with van der Waals surface area (Å²) in [6.07, 6.45) is 4.66. The van der Waals surface area contributed by atoms with Gasteiger partial charge in [-0.3, -0.25) is 0 Å². The molecule has 1 aliphatic carbocycles. The van der Waals surface area contributed by atoms with Gasteiger partial charge in [-0.1, -0.05) is 60.7 Å². The minimum Gasteiger partial charge on any atom is -0.480 e. The maximum Gasteiger partial charge on any atom is 0.407 e. The molecule has 0 spiro atoms. The lowest BCUT2D eigenvalue weighted by Gasteiger charge is -2.14. The van der Waals surface area contributed by atoms with Crippen LogP contribution < -0.4 is 14.8 Å². The van der Waals surface area contributed by atoms with Gasteiger partial charge < -0.3 is 19.5 Å². The van der Waals surface area contributed by atoms with Crippen LogP contribution in [0.2, 0.25) is 0 Å². The second-order valence-electron chi connectivity index (χ2n) is 6.93. The predicted octanol–water partition coefficient (Wildman–Crippen LogP) is 4.05. The van der Waals surface area contributed by atoms with Crippen molar-refractivity contribution in [1.29, 1.82) is 0 Å². The molecule has 0 aliphatic heterocycles. The summed E-state index contributed by atoms with van der Waals surface area (Å²) in [5.41, 5.74) is 5.44. The second-order valence-corrected chi connectivity index (χ2v) is 6.93. The van der Waals surface area contributed by atoms with E-state index in [1.807, 2.05) is 24.3 Å². The molecule has 1 amide bonds. The number of carbonyl (C=O) groups is 1. The first-order valence-corrected chi connectivity index (χ1v) is 9.91. The zero-order valence-electron chi connectivity index (χ0n) is 17.4. The van der Waals surface area contributed by atoms with Crippen molar-refractivity contribution in [1.82, 2.24) is 15.3 Å². The normalized spacial score (nSPS) is 12.3. The molecule has 3 aromatic rings. The molecule has 4 rings (SSSR count). The summed E-state index contributed by atoms with van der Waals surface area (Å²) < 4.78 is 15.7. The van der Waals surface area contributed by atoms with E-state index in [1.54, 1.807) is 18.3 Å². The lowest BCUT2D eigenvalue weighted by molar-refractivity contribution is 0.144. The number of nitrogens with zero attached hydrogens (tertiary/aromatic N) is 2. The van der Waals surface area contributed by atoms with Crippen molar-refractivity contribution in [3.05, 3.63) is 77.5 Å². The summed E-state index contributed by atoms with van der Waals surface area (Å²) in [6, 6.07) is 16.7. The quantitative estimate of drug-likeness (QED) is 0.625. The number of methoxy groups -OCH3 is 2. The van der Waals surface area contributed by atoms with Crippen molar-refractivity contribution in [3.63, 3.8) is 0 Å². The van der Waals surface area contributed by atoms with Crippen molar-refractivity contribution in [2.45, 2.75) is 5.92 Å². The molecule has 0 fully saturated rings. The number of benzene rings is 2. The van der Waals surface area contributed by atoms with Gasteiger partial charge in [0.05, 0.1) is 19.8 Å². The molecule has 0 unspecified atom stereocenters.